The maximum Gasteiger partial charge on any atom is 0.173 e. The molecule has 0 aliphatic carbocycles. The highest BCUT2D eigenvalue weighted by Gasteiger charge is 2.39. The summed E-state index contributed by atoms with van der Waals surface area (Å²) in [4.78, 5) is 12.2. The van der Waals surface area contributed by atoms with Crippen LogP contribution >= 0.6 is 0 Å². The number of rotatable bonds is 3. The first-order valence-electron chi connectivity index (χ1n) is 5.06. The van der Waals surface area contributed by atoms with Crippen LogP contribution in [0, 0.1) is 5.41 Å². The third-order valence-electron chi connectivity index (χ3n) is 3.19. The van der Waals surface area contributed by atoms with E-state index in [0.29, 0.717) is 5.56 Å². The van der Waals surface area contributed by atoms with Gasteiger partial charge >= 0.3 is 0 Å². The van der Waals surface area contributed by atoms with Crippen LogP contribution in [0.4, 0.5) is 0 Å². The van der Waals surface area contributed by atoms with Crippen molar-refractivity contribution in [3.05, 3.63) is 24.2 Å². The summed E-state index contributed by atoms with van der Waals surface area (Å²) < 4.78 is 4.94. The molecule has 1 aliphatic heterocycles. The first-order chi connectivity index (χ1) is 6.78. The summed E-state index contributed by atoms with van der Waals surface area (Å²) in [6, 6.07) is 1.75. The van der Waals surface area contributed by atoms with Crippen molar-refractivity contribution in [1.29, 1.82) is 0 Å². The molecule has 3 heteroatoms. The topological polar surface area (TPSA) is 42.2 Å². The van der Waals surface area contributed by atoms with E-state index in [1.165, 1.54) is 6.26 Å². The average molecular weight is 193 g/mol. The molecule has 1 fully saturated rings. The Labute approximate surface area is 83.5 Å². The Morgan fingerprint density at radius 1 is 1.71 bits per heavy atom. The largest absolute Gasteiger partial charge is 0.472 e. The van der Waals surface area contributed by atoms with Gasteiger partial charge in [-0.15, -0.1) is 0 Å². The molecule has 0 radical (unpaired) electrons. The summed E-state index contributed by atoms with van der Waals surface area (Å²) in [6.07, 6.45) is 4.93. The van der Waals surface area contributed by atoms with Gasteiger partial charge in [0.25, 0.3) is 0 Å². The van der Waals surface area contributed by atoms with Crippen molar-refractivity contribution >= 4 is 5.78 Å². The van der Waals surface area contributed by atoms with Crippen molar-refractivity contribution in [2.24, 2.45) is 5.41 Å². The molecule has 0 amide bonds. The molecule has 0 bridgehead atoms. The molecule has 1 N–H and O–H groups in total. The summed E-state index contributed by atoms with van der Waals surface area (Å²) in [6.45, 7) is 3.82. The number of Topliss-reactive ketones (excluding diaryl/α,β-unsaturated/α-hetero) is 1. The van der Waals surface area contributed by atoms with Crippen LogP contribution in [0.2, 0.25) is 0 Å². The predicted octanol–water partition coefficient (Wildman–Crippen LogP) is 1.85. The van der Waals surface area contributed by atoms with Gasteiger partial charge in [-0.1, -0.05) is 6.92 Å². The van der Waals surface area contributed by atoms with Crippen LogP contribution in [-0.4, -0.2) is 18.9 Å². The first-order valence-corrected chi connectivity index (χ1v) is 5.06. The van der Waals surface area contributed by atoms with E-state index >= 15 is 0 Å². The molecule has 1 atom stereocenters. The summed E-state index contributed by atoms with van der Waals surface area (Å²) in [5.74, 6) is 0.221. The molecule has 2 rings (SSSR count). The molecule has 3 nitrogen and oxygen atoms in total. The number of nitrogens with one attached hydrogen (secondary N) is 1. The van der Waals surface area contributed by atoms with Crippen LogP contribution in [0.25, 0.3) is 0 Å². The van der Waals surface area contributed by atoms with Crippen LogP contribution in [0.15, 0.2) is 23.0 Å². The van der Waals surface area contributed by atoms with Crippen LogP contribution in [0.3, 0.4) is 0 Å². The minimum atomic E-state index is -0.191. The van der Waals surface area contributed by atoms with Crippen LogP contribution in [-0.2, 0) is 0 Å². The van der Waals surface area contributed by atoms with Gasteiger partial charge in [0.15, 0.2) is 5.78 Å². The molecule has 76 valence electrons. The Morgan fingerprint density at radius 2 is 2.57 bits per heavy atom. The minimum absolute atomic E-state index is 0.191. The van der Waals surface area contributed by atoms with E-state index in [4.69, 9.17) is 4.42 Å². The van der Waals surface area contributed by atoms with Gasteiger partial charge in [0, 0.05) is 12.0 Å². The van der Waals surface area contributed by atoms with Crippen molar-refractivity contribution in [2.75, 3.05) is 13.1 Å². The lowest BCUT2D eigenvalue weighted by molar-refractivity contribution is 0.0810. The second-order valence-corrected chi connectivity index (χ2v) is 3.90. The summed E-state index contributed by atoms with van der Waals surface area (Å²) in [5, 5.41) is 3.26. The average Bonchev–Trinajstić information content (AvgIpc) is 2.89. The van der Waals surface area contributed by atoms with E-state index in [1.807, 2.05) is 0 Å². The highest BCUT2D eigenvalue weighted by atomic mass is 16.3. The summed E-state index contributed by atoms with van der Waals surface area (Å²) in [5.41, 5.74) is 0.514. The van der Waals surface area contributed by atoms with Crippen LogP contribution in [0.1, 0.15) is 30.1 Å². The number of carbonyl (C=O) groups excluding carboxylic acids is 1. The van der Waals surface area contributed by atoms with E-state index in [2.05, 4.69) is 12.2 Å². The SMILES string of the molecule is CCC1(C(=O)c2ccoc2)CCNC1. The van der Waals surface area contributed by atoms with Gasteiger partial charge in [0.1, 0.15) is 6.26 Å². The number of ketones is 1. The van der Waals surface area contributed by atoms with E-state index < -0.39 is 0 Å². The van der Waals surface area contributed by atoms with Gasteiger partial charge in [-0.25, -0.2) is 0 Å². The summed E-state index contributed by atoms with van der Waals surface area (Å²) >= 11 is 0. The second kappa shape index (κ2) is 3.58. The lowest BCUT2D eigenvalue weighted by atomic mass is 9.78. The quantitative estimate of drug-likeness (QED) is 0.745. The maximum absolute atomic E-state index is 12.2. The second-order valence-electron chi connectivity index (χ2n) is 3.90. The molecule has 1 aliphatic rings. The minimum Gasteiger partial charge on any atom is -0.472 e. The molecule has 1 saturated heterocycles. The van der Waals surface area contributed by atoms with Crippen molar-refractivity contribution in [1.82, 2.24) is 5.32 Å². The third-order valence-corrected chi connectivity index (χ3v) is 3.19. The summed E-state index contributed by atoms with van der Waals surface area (Å²) in [7, 11) is 0. The standard InChI is InChI=1S/C11H15NO2/c1-2-11(4-5-12-8-11)10(13)9-3-6-14-7-9/h3,6-7,12H,2,4-5,8H2,1H3. The highest BCUT2D eigenvalue weighted by Crippen LogP contribution is 2.33. The lowest BCUT2D eigenvalue weighted by Gasteiger charge is -2.23. The maximum atomic E-state index is 12.2. The van der Waals surface area contributed by atoms with Crippen molar-refractivity contribution in [2.45, 2.75) is 19.8 Å². The normalized spacial score (nSPS) is 26.6. The Morgan fingerprint density at radius 3 is 3.07 bits per heavy atom. The molecule has 1 unspecified atom stereocenters. The van der Waals surface area contributed by atoms with E-state index in [0.717, 1.165) is 25.9 Å². The molecule has 14 heavy (non-hydrogen) atoms. The van der Waals surface area contributed by atoms with Crippen molar-refractivity contribution in [3.63, 3.8) is 0 Å². The van der Waals surface area contributed by atoms with E-state index in [-0.39, 0.29) is 11.2 Å². The van der Waals surface area contributed by atoms with E-state index in [9.17, 15) is 4.79 Å². The van der Waals surface area contributed by atoms with Crippen LogP contribution < -0.4 is 5.32 Å². The van der Waals surface area contributed by atoms with Gasteiger partial charge in [-0.2, -0.15) is 0 Å². The zero-order chi connectivity index (χ0) is 10.0. The lowest BCUT2D eigenvalue weighted by Crippen LogP contribution is -2.32. The fourth-order valence-electron chi connectivity index (χ4n) is 2.10. The van der Waals surface area contributed by atoms with Crippen molar-refractivity contribution in [3.8, 4) is 0 Å². The molecule has 0 saturated carbocycles. The first kappa shape index (κ1) is 9.46. The zero-order valence-electron chi connectivity index (χ0n) is 8.38. The Hall–Kier alpha value is -1.09. The number of carbonyl (C=O) groups is 1. The molecule has 0 spiro atoms. The zero-order valence-corrected chi connectivity index (χ0v) is 8.38. The van der Waals surface area contributed by atoms with Gasteiger partial charge in [-0.05, 0) is 25.5 Å². The Bertz CT molecular complexity index is 310. The molecule has 1 aromatic heterocycles. The number of hydrogen-bond acceptors (Lipinski definition) is 3. The van der Waals surface area contributed by atoms with Gasteiger partial charge in [0.05, 0.1) is 11.8 Å². The number of furan rings is 1. The molecular formula is C11H15NO2. The monoisotopic (exact) mass is 193 g/mol. The Balaban J connectivity index is 2.24. The van der Waals surface area contributed by atoms with Gasteiger partial charge < -0.3 is 9.73 Å². The van der Waals surface area contributed by atoms with Gasteiger partial charge in [0.2, 0.25) is 0 Å². The Kier molecular flexibility index (Phi) is 2.42. The predicted molar refractivity (Wildman–Crippen MR) is 53.2 cm³/mol. The molecule has 2 heterocycles. The van der Waals surface area contributed by atoms with Crippen molar-refractivity contribution < 1.29 is 9.21 Å². The highest BCUT2D eigenvalue weighted by molar-refractivity contribution is 6.00. The fraction of sp³-hybridized carbons (Fsp3) is 0.545. The molecule has 0 aromatic carbocycles. The van der Waals surface area contributed by atoms with Gasteiger partial charge in [-0.3, -0.25) is 4.79 Å². The number of hydrogen-bond donors (Lipinski definition) is 1. The fourth-order valence-corrected chi connectivity index (χ4v) is 2.10. The van der Waals surface area contributed by atoms with Crippen LogP contribution in [0.5, 0.6) is 0 Å². The third kappa shape index (κ3) is 1.38. The molecular weight excluding hydrogens is 178 g/mol. The van der Waals surface area contributed by atoms with E-state index in [1.54, 1.807) is 12.3 Å². The smallest absolute Gasteiger partial charge is 0.173 e. The molecule has 1 aromatic rings.